The second-order valence-electron chi connectivity index (χ2n) is 6.09. The highest BCUT2D eigenvalue weighted by Gasteiger charge is 2.10. The molecule has 0 aromatic heterocycles. The van der Waals surface area contributed by atoms with Crippen molar-refractivity contribution >= 4 is 5.96 Å². The van der Waals surface area contributed by atoms with Gasteiger partial charge in [-0.2, -0.15) is 0 Å². The van der Waals surface area contributed by atoms with Gasteiger partial charge in [0.05, 0.1) is 13.2 Å². The molecule has 1 fully saturated rings. The first kappa shape index (κ1) is 17.8. The van der Waals surface area contributed by atoms with Crippen LogP contribution in [0.2, 0.25) is 0 Å². The Labute approximate surface area is 140 Å². The molecule has 1 aliphatic rings. The Bertz CT molecular complexity index is 498. The van der Waals surface area contributed by atoms with Gasteiger partial charge >= 0.3 is 0 Å². The number of aliphatic imine (C=N–C) groups is 1. The number of morpholine rings is 1. The fraction of sp³-hybridized carbons (Fsp3) is 0.611. The highest BCUT2D eigenvalue weighted by atomic mass is 16.5. The summed E-state index contributed by atoms with van der Waals surface area (Å²) in [5.74, 6) is 0.859. The normalized spacial score (nSPS) is 17.8. The third kappa shape index (κ3) is 6.20. The largest absolute Gasteiger partial charge is 0.379 e. The number of hydrogen-bond acceptors (Lipinski definition) is 3. The van der Waals surface area contributed by atoms with Gasteiger partial charge in [-0.05, 0) is 24.5 Å². The van der Waals surface area contributed by atoms with E-state index in [-0.39, 0.29) is 0 Å². The summed E-state index contributed by atoms with van der Waals surface area (Å²) in [5.41, 5.74) is 2.64. The molecule has 0 aliphatic carbocycles. The van der Waals surface area contributed by atoms with Gasteiger partial charge in [0.2, 0.25) is 0 Å². The first-order valence-corrected chi connectivity index (χ1v) is 8.56. The van der Waals surface area contributed by atoms with Crippen LogP contribution < -0.4 is 10.6 Å². The van der Waals surface area contributed by atoms with Crippen molar-refractivity contribution in [3.8, 4) is 0 Å². The number of nitrogens with zero attached hydrogens (tertiary/aromatic N) is 2. The summed E-state index contributed by atoms with van der Waals surface area (Å²) in [6.45, 7) is 9.85. The van der Waals surface area contributed by atoms with Crippen molar-refractivity contribution in [2.45, 2.75) is 39.4 Å². The number of benzene rings is 1. The maximum Gasteiger partial charge on any atom is 0.191 e. The summed E-state index contributed by atoms with van der Waals surface area (Å²) in [4.78, 5) is 6.72. The summed E-state index contributed by atoms with van der Waals surface area (Å²) < 4.78 is 5.41. The first-order chi connectivity index (χ1) is 11.2. The van der Waals surface area contributed by atoms with Crippen LogP contribution >= 0.6 is 0 Å². The SMILES string of the molecule is CCC(C)NC(=NC)NCc1cccc(CN2CCOCC2)c1. The van der Waals surface area contributed by atoms with Gasteiger partial charge < -0.3 is 15.4 Å². The number of rotatable bonds is 6. The Balaban J connectivity index is 1.86. The molecule has 2 N–H and O–H groups in total. The van der Waals surface area contributed by atoms with Crippen LogP contribution in [0.25, 0.3) is 0 Å². The third-order valence-electron chi connectivity index (χ3n) is 4.18. The Hall–Kier alpha value is -1.59. The smallest absolute Gasteiger partial charge is 0.191 e. The molecule has 0 spiro atoms. The number of ether oxygens (including phenoxy) is 1. The molecule has 1 atom stereocenters. The summed E-state index contributed by atoms with van der Waals surface area (Å²) in [6, 6.07) is 9.20. The zero-order valence-electron chi connectivity index (χ0n) is 14.6. The van der Waals surface area contributed by atoms with Crippen LogP contribution in [0.4, 0.5) is 0 Å². The van der Waals surface area contributed by atoms with Gasteiger partial charge in [-0.1, -0.05) is 31.2 Å². The lowest BCUT2D eigenvalue weighted by Crippen LogP contribution is -2.41. The Kier molecular flexibility index (Phi) is 7.36. The van der Waals surface area contributed by atoms with E-state index in [0.29, 0.717) is 6.04 Å². The van der Waals surface area contributed by atoms with Gasteiger partial charge in [0.25, 0.3) is 0 Å². The van der Waals surface area contributed by atoms with E-state index in [0.717, 1.165) is 51.8 Å². The zero-order chi connectivity index (χ0) is 16.5. The van der Waals surface area contributed by atoms with Crippen molar-refractivity contribution in [3.05, 3.63) is 35.4 Å². The molecule has 1 aromatic rings. The minimum atomic E-state index is 0.425. The van der Waals surface area contributed by atoms with E-state index < -0.39 is 0 Å². The van der Waals surface area contributed by atoms with E-state index in [4.69, 9.17) is 4.74 Å². The maximum atomic E-state index is 5.41. The van der Waals surface area contributed by atoms with Gasteiger partial charge in [-0.15, -0.1) is 0 Å². The van der Waals surface area contributed by atoms with Crippen LogP contribution in [0.5, 0.6) is 0 Å². The van der Waals surface area contributed by atoms with Crippen molar-refractivity contribution in [1.82, 2.24) is 15.5 Å². The lowest BCUT2D eigenvalue weighted by atomic mass is 10.1. The Morgan fingerprint density at radius 3 is 2.74 bits per heavy atom. The van der Waals surface area contributed by atoms with Crippen molar-refractivity contribution in [3.63, 3.8) is 0 Å². The molecule has 1 aromatic carbocycles. The molecule has 128 valence electrons. The van der Waals surface area contributed by atoms with E-state index in [1.165, 1.54) is 11.1 Å². The fourth-order valence-electron chi connectivity index (χ4n) is 2.57. The predicted molar refractivity (Wildman–Crippen MR) is 95.6 cm³/mol. The molecule has 23 heavy (non-hydrogen) atoms. The summed E-state index contributed by atoms with van der Waals surface area (Å²) >= 11 is 0. The minimum Gasteiger partial charge on any atom is -0.379 e. The summed E-state index contributed by atoms with van der Waals surface area (Å²) in [6.07, 6.45) is 1.08. The third-order valence-corrected chi connectivity index (χ3v) is 4.18. The molecular weight excluding hydrogens is 288 g/mol. The number of nitrogens with one attached hydrogen (secondary N) is 2. The topological polar surface area (TPSA) is 48.9 Å². The van der Waals surface area contributed by atoms with Gasteiger partial charge in [-0.25, -0.2) is 0 Å². The predicted octanol–water partition coefficient (Wildman–Crippen LogP) is 1.98. The average molecular weight is 318 g/mol. The lowest BCUT2D eigenvalue weighted by molar-refractivity contribution is 0.0342. The van der Waals surface area contributed by atoms with E-state index in [1.54, 1.807) is 0 Å². The monoisotopic (exact) mass is 318 g/mol. The highest BCUT2D eigenvalue weighted by molar-refractivity contribution is 5.79. The molecule has 1 unspecified atom stereocenters. The van der Waals surface area contributed by atoms with Crippen LogP contribution in [0.1, 0.15) is 31.4 Å². The van der Waals surface area contributed by atoms with Crippen molar-refractivity contribution in [2.24, 2.45) is 4.99 Å². The van der Waals surface area contributed by atoms with Crippen LogP contribution in [0.15, 0.2) is 29.3 Å². The van der Waals surface area contributed by atoms with Crippen LogP contribution in [0, 0.1) is 0 Å². The molecule has 1 saturated heterocycles. The van der Waals surface area contributed by atoms with E-state index in [2.05, 4.69) is 58.6 Å². The minimum absolute atomic E-state index is 0.425. The van der Waals surface area contributed by atoms with Gasteiger partial charge in [-0.3, -0.25) is 9.89 Å². The molecule has 5 nitrogen and oxygen atoms in total. The second-order valence-corrected chi connectivity index (χ2v) is 6.09. The van der Waals surface area contributed by atoms with Crippen LogP contribution in [-0.2, 0) is 17.8 Å². The molecule has 0 radical (unpaired) electrons. The molecule has 1 heterocycles. The maximum absolute atomic E-state index is 5.41. The van der Waals surface area contributed by atoms with E-state index in [9.17, 15) is 0 Å². The van der Waals surface area contributed by atoms with E-state index in [1.807, 2.05) is 7.05 Å². The Morgan fingerprint density at radius 2 is 2.04 bits per heavy atom. The standard InChI is InChI=1S/C18H30N4O/c1-4-15(2)21-18(19-3)20-13-16-6-5-7-17(12-16)14-22-8-10-23-11-9-22/h5-7,12,15H,4,8-11,13-14H2,1-3H3,(H2,19,20,21). The van der Waals surface area contributed by atoms with Crippen molar-refractivity contribution in [1.29, 1.82) is 0 Å². The molecule has 0 amide bonds. The fourth-order valence-corrected chi connectivity index (χ4v) is 2.57. The molecule has 5 heteroatoms. The average Bonchev–Trinajstić information content (AvgIpc) is 2.59. The van der Waals surface area contributed by atoms with Crippen LogP contribution in [0.3, 0.4) is 0 Å². The highest BCUT2D eigenvalue weighted by Crippen LogP contribution is 2.10. The summed E-state index contributed by atoms with van der Waals surface area (Å²) in [7, 11) is 1.81. The molecule has 0 bridgehead atoms. The van der Waals surface area contributed by atoms with Gasteiger partial charge in [0, 0.05) is 39.3 Å². The Morgan fingerprint density at radius 1 is 1.30 bits per heavy atom. The quantitative estimate of drug-likeness (QED) is 0.622. The van der Waals surface area contributed by atoms with Crippen molar-refractivity contribution in [2.75, 3.05) is 33.4 Å². The first-order valence-electron chi connectivity index (χ1n) is 8.56. The van der Waals surface area contributed by atoms with Crippen LogP contribution in [-0.4, -0.2) is 50.3 Å². The van der Waals surface area contributed by atoms with Crippen molar-refractivity contribution < 1.29 is 4.74 Å². The second kappa shape index (κ2) is 9.53. The molecule has 2 rings (SSSR count). The number of guanidine groups is 1. The molecular formula is C18H30N4O. The molecule has 1 aliphatic heterocycles. The lowest BCUT2D eigenvalue weighted by Gasteiger charge is -2.26. The molecule has 0 saturated carbocycles. The summed E-state index contributed by atoms with van der Waals surface area (Å²) in [5, 5.41) is 6.77. The van der Waals surface area contributed by atoms with Gasteiger partial charge in [0.15, 0.2) is 5.96 Å². The number of hydrogen-bond donors (Lipinski definition) is 2. The van der Waals surface area contributed by atoms with Gasteiger partial charge in [0.1, 0.15) is 0 Å². The van der Waals surface area contributed by atoms with E-state index >= 15 is 0 Å². The zero-order valence-corrected chi connectivity index (χ0v) is 14.6.